The van der Waals surface area contributed by atoms with Crippen LogP contribution < -0.4 is 4.90 Å². The molecule has 0 fully saturated rings. The molecule has 0 bridgehead atoms. The van der Waals surface area contributed by atoms with Crippen LogP contribution in [0.25, 0.3) is 6.08 Å². The average Bonchev–Trinajstić information content (AvgIpc) is 2.46. The van der Waals surface area contributed by atoms with Crippen molar-refractivity contribution < 1.29 is 4.79 Å². The Morgan fingerprint density at radius 3 is 2.15 bits per heavy atom. The van der Waals surface area contributed by atoms with Gasteiger partial charge in [-0.05, 0) is 48.0 Å². The quantitative estimate of drug-likeness (QED) is 0.616. The monoisotopic (exact) mass is 285 g/mol. The van der Waals surface area contributed by atoms with Crippen molar-refractivity contribution in [1.82, 2.24) is 0 Å². The van der Waals surface area contributed by atoms with E-state index in [0.717, 1.165) is 11.3 Å². The number of nitrogens with zero attached hydrogens (tertiary/aromatic N) is 1. The summed E-state index contributed by atoms with van der Waals surface area (Å²) in [6.07, 6.45) is 3.39. The minimum absolute atomic E-state index is 0.0293. The topological polar surface area (TPSA) is 20.3 Å². The zero-order valence-electron chi connectivity index (χ0n) is 11.5. The largest absolute Gasteiger partial charge is 0.378 e. The number of halogens is 1. The lowest BCUT2D eigenvalue weighted by Gasteiger charge is -2.11. The van der Waals surface area contributed by atoms with E-state index in [2.05, 4.69) is 0 Å². The number of hydrogen-bond acceptors (Lipinski definition) is 2. The van der Waals surface area contributed by atoms with Crippen LogP contribution in [0.1, 0.15) is 15.9 Å². The first-order chi connectivity index (χ1) is 9.56. The van der Waals surface area contributed by atoms with E-state index in [1.165, 1.54) is 0 Å². The Kier molecular flexibility index (Phi) is 4.59. The van der Waals surface area contributed by atoms with Crippen LogP contribution in [-0.2, 0) is 0 Å². The Bertz CT molecular complexity index is 612. The number of ketones is 1. The fraction of sp³-hybridized carbons (Fsp3) is 0.118. The van der Waals surface area contributed by atoms with E-state index in [-0.39, 0.29) is 5.78 Å². The summed E-state index contributed by atoms with van der Waals surface area (Å²) in [5, 5.41) is 0.629. The van der Waals surface area contributed by atoms with E-state index in [0.29, 0.717) is 10.6 Å². The molecule has 0 atom stereocenters. The summed E-state index contributed by atoms with van der Waals surface area (Å²) in [7, 11) is 3.99. The molecule has 0 aliphatic carbocycles. The second-order valence-electron chi connectivity index (χ2n) is 4.69. The molecule has 0 aromatic heterocycles. The number of hydrogen-bond donors (Lipinski definition) is 0. The van der Waals surface area contributed by atoms with Crippen LogP contribution in [0.5, 0.6) is 0 Å². The number of benzene rings is 2. The molecule has 102 valence electrons. The van der Waals surface area contributed by atoms with Gasteiger partial charge in [-0.2, -0.15) is 0 Å². The van der Waals surface area contributed by atoms with E-state index in [1.807, 2.05) is 49.3 Å². The lowest BCUT2D eigenvalue weighted by atomic mass is 10.1. The third kappa shape index (κ3) is 3.72. The van der Waals surface area contributed by atoms with E-state index < -0.39 is 0 Å². The van der Waals surface area contributed by atoms with Gasteiger partial charge >= 0.3 is 0 Å². The van der Waals surface area contributed by atoms with Crippen molar-refractivity contribution in [2.75, 3.05) is 19.0 Å². The Labute approximate surface area is 124 Å². The van der Waals surface area contributed by atoms with Crippen molar-refractivity contribution in [1.29, 1.82) is 0 Å². The third-order valence-corrected chi connectivity index (χ3v) is 3.22. The van der Waals surface area contributed by atoms with Crippen molar-refractivity contribution >= 4 is 29.1 Å². The fourth-order valence-electron chi connectivity index (χ4n) is 1.77. The smallest absolute Gasteiger partial charge is 0.185 e. The van der Waals surface area contributed by atoms with Gasteiger partial charge in [0.15, 0.2) is 5.78 Å². The molecular formula is C17H16ClNO. The predicted molar refractivity (Wildman–Crippen MR) is 85.6 cm³/mol. The molecule has 2 nitrogen and oxygen atoms in total. The van der Waals surface area contributed by atoms with Gasteiger partial charge in [0, 0.05) is 30.4 Å². The van der Waals surface area contributed by atoms with E-state index >= 15 is 0 Å². The van der Waals surface area contributed by atoms with Crippen LogP contribution in [0.3, 0.4) is 0 Å². The third-order valence-electron chi connectivity index (χ3n) is 2.97. The Balaban J connectivity index is 2.08. The van der Waals surface area contributed by atoms with Gasteiger partial charge < -0.3 is 4.90 Å². The molecule has 0 aliphatic rings. The van der Waals surface area contributed by atoms with Gasteiger partial charge in [-0.25, -0.2) is 0 Å². The lowest BCUT2D eigenvalue weighted by molar-refractivity contribution is 0.104. The maximum absolute atomic E-state index is 12.0. The minimum Gasteiger partial charge on any atom is -0.378 e. The van der Waals surface area contributed by atoms with Crippen LogP contribution in [0.15, 0.2) is 54.6 Å². The second kappa shape index (κ2) is 6.40. The summed E-state index contributed by atoms with van der Waals surface area (Å²) >= 11 is 5.80. The highest BCUT2D eigenvalue weighted by atomic mass is 35.5. The first-order valence-corrected chi connectivity index (χ1v) is 6.69. The van der Waals surface area contributed by atoms with Crippen molar-refractivity contribution in [3.05, 3.63) is 70.8 Å². The fourth-order valence-corrected chi connectivity index (χ4v) is 1.89. The Hall–Kier alpha value is -2.06. The maximum Gasteiger partial charge on any atom is 0.185 e. The lowest BCUT2D eigenvalue weighted by Crippen LogP contribution is -2.07. The van der Waals surface area contributed by atoms with Gasteiger partial charge in [-0.15, -0.1) is 0 Å². The Morgan fingerprint density at radius 1 is 1.00 bits per heavy atom. The maximum atomic E-state index is 12.0. The summed E-state index contributed by atoms with van der Waals surface area (Å²) in [6, 6.07) is 14.9. The van der Waals surface area contributed by atoms with Gasteiger partial charge in [-0.1, -0.05) is 29.8 Å². The van der Waals surface area contributed by atoms with Crippen molar-refractivity contribution in [3.8, 4) is 0 Å². The molecule has 0 saturated carbocycles. The number of allylic oxidation sites excluding steroid dienone is 1. The summed E-state index contributed by atoms with van der Waals surface area (Å²) < 4.78 is 0. The molecule has 0 amide bonds. The van der Waals surface area contributed by atoms with Crippen molar-refractivity contribution in [2.24, 2.45) is 0 Å². The SMILES string of the molecule is CN(C)c1ccc(/C=C\C(=O)c2ccc(Cl)cc2)cc1. The number of carbonyl (C=O) groups is 1. The number of rotatable bonds is 4. The van der Waals surface area contributed by atoms with Gasteiger partial charge in [0.1, 0.15) is 0 Å². The second-order valence-corrected chi connectivity index (χ2v) is 5.13. The van der Waals surface area contributed by atoms with Crippen LogP contribution in [0.4, 0.5) is 5.69 Å². The molecule has 0 saturated heterocycles. The summed E-state index contributed by atoms with van der Waals surface area (Å²) in [6.45, 7) is 0. The summed E-state index contributed by atoms with van der Waals surface area (Å²) in [5.41, 5.74) is 2.76. The average molecular weight is 286 g/mol. The zero-order valence-corrected chi connectivity index (χ0v) is 12.3. The molecule has 0 heterocycles. The summed E-state index contributed by atoms with van der Waals surface area (Å²) in [5.74, 6) is -0.0293. The molecule has 0 radical (unpaired) electrons. The van der Waals surface area contributed by atoms with Crippen LogP contribution in [0, 0.1) is 0 Å². The Morgan fingerprint density at radius 2 is 1.60 bits per heavy atom. The van der Waals surface area contributed by atoms with Gasteiger partial charge in [0.25, 0.3) is 0 Å². The highest BCUT2D eigenvalue weighted by Gasteiger charge is 2.01. The first-order valence-electron chi connectivity index (χ1n) is 6.31. The molecular weight excluding hydrogens is 270 g/mol. The molecule has 0 aliphatic heterocycles. The van der Waals surface area contributed by atoms with Crippen LogP contribution >= 0.6 is 11.6 Å². The van der Waals surface area contributed by atoms with E-state index in [4.69, 9.17) is 11.6 Å². The highest BCUT2D eigenvalue weighted by molar-refractivity contribution is 6.30. The molecule has 2 aromatic carbocycles. The van der Waals surface area contributed by atoms with Gasteiger partial charge in [-0.3, -0.25) is 4.79 Å². The molecule has 0 N–H and O–H groups in total. The highest BCUT2D eigenvalue weighted by Crippen LogP contribution is 2.14. The standard InChI is InChI=1S/C17H16ClNO/c1-19(2)16-10-3-13(4-11-16)5-12-17(20)14-6-8-15(18)9-7-14/h3-12H,1-2H3/b12-5-. The predicted octanol–water partition coefficient (Wildman–Crippen LogP) is 4.30. The number of anilines is 1. The van der Waals surface area contributed by atoms with Crippen LogP contribution in [-0.4, -0.2) is 19.9 Å². The number of carbonyl (C=O) groups excluding carboxylic acids is 1. The van der Waals surface area contributed by atoms with Crippen molar-refractivity contribution in [2.45, 2.75) is 0 Å². The van der Waals surface area contributed by atoms with Crippen molar-refractivity contribution in [3.63, 3.8) is 0 Å². The summed E-state index contributed by atoms with van der Waals surface area (Å²) in [4.78, 5) is 14.0. The molecule has 20 heavy (non-hydrogen) atoms. The molecule has 2 rings (SSSR count). The van der Waals surface area contributed by atoms with Gasteiger partial charge in [0.2, 0.25) is 0 Å². The first kappa shape index (κ1) is 14.4. The van der Waals surface area contributed by atoms with E-state index in [1.54, 1.807) is 30.3 Å². The molecule has 3 heteroatoms. The van der Waals surface area contributed by atoms with E-state index in [9.17, 15) is 4.79 Å². The van der Waals surface area contributed by atoms with Crippen LogP contribution in [0.2, 0.25) is 5.02 Å². The normalized spacial score (nSPS) is 10.8. The zero-order chi connectivity index (χ0) is 14.5. The molecule has 0 unspecified atom stereocenters. The van der Waals surface area contributed by atoms with Gasteiger partial charge in [0.05, 0.1) is 0 Å². The molecule has 0 spiro atoms. The molecule has 2 aromatic rings. The minimum atomic E-state index is -0.0293.